The Morgan fingerprint density at radius 3 is 2.67 bits per heavy atom. The van der Waals surface area contributed by atoms with Crippen LogP contribution in [0, 0.1) is 23.0 Å². The van der Waals surface area contributed by atoms with E-state index in [1.165, 1.54) is 18.2 Å². The van der Waals surface area contributed by atoms with Gasteiger partial charge < -0.3 is 15.5 Å². The second-order valence-electron chi connectivity index (χ2n) is 7.38. The topological polar surface area (TPSA) is 105 Å². The maximum absolute atomic E-state index is 12.9. The number of likely N-dealkylation sites (tertiary alicyclic amines) is 1. The largest absolute Gasteiger partial charge is 0.338 e. The zero-order valence-electron chi connectivity index (χ0n) is 16.6. The van der Waals surface area contributed by atoms with Crippen LogP contribution in [0.1, 0.15) is 28.8 Å². The van der Waals surface area contributed by atoms with E-state index in [-0.39, 0.29) is 34.1 Å². The molecule has 1 aliphatic heterocycles. The molecule has 8 nitrogen and oxygen atoms in total. The van der Waals surface area contributed by atoms with Crippen molar-refractivity contribution in [1.82, 2.24) is 10.2 Å². The van der Waals surface area contributed by atoms with E-state index in [0.717, 1.165) is 18.4 Å². The van der Waals surface area contributed by atoms with Crippen LogP contribution in [-0.2, 0) is 0 Å². The van der Waals surface area contributed by atoms with E-state index in [1.54, 1.807) is 4.90 Å². The lowest BCUT2D eigenvalue weighted by Gasteiger charge is -2.33. The Hall–Kier alpha value is -3.13. The molecule has 30 heavy (non-hydrogen) atoms. The zero-order valence-corrected chi connectivity index (χ0v) is 17.3. The fourth-order valence-corrected chi connectivity index (χ4v) is 3.62. The summed E-state index contributed by atoms with van der Waals surface area (Å²) in [6.45, 7) is 3.39. The fourth-order valence-electron chi connectivity index (χ4n) is 3.43. The van der Waals surface area contributed by atoms with Crippen molar-refractivity contribution < 1.29 is 14.5 Å². The highest BCUT2D eigenvalue weighted by Crippen LogP contribution is 2.25. The molecule has 0 spiro atoms. The van der Waals surface area contributed by atoms with Gasteiger partial charge in [0, 0.05) is 37.5 Å². The molecule has 0 saturated carbocycles. The predicted octanol–water partition coefficient (Wildman–Crippen LogP) is 4.23. The molecule has 158 valence electrons. The summed E-state index contributed by atoms with van der Waals surface area (Å²) in [6.07, 6.45) is 1.65. The fraction of sp³-hybridized carbons (Fsp3) is 0.333. The first-order valence-electron chi connectivity index (χ1n) is 9.68. The Labute approximate surface area is 179 Å². The smallest absolute Gasteiger partial charge is 0.319 e. The monoisotopic (exact) mass is 430 g/mol. The SMILES string of the molecule is Cc1ccc(NC(=O)NCC2CCCN(C(=O)c3cc([N+](=O)[O-])ccc3Cl)C2)cc1. The minimum absolute atomic E-state index is 0.0870. The number of aryl methyl sites for hydroxylation is 1. The summed E-state index contributed by atoms with van der Waals surface area (Å²) in [6, 6.07) is 11.0. The number of nitro benzene ring substituents is 1. The number of hydrogen-bond donors (Lipinski definition) is 2. The molecule has 1 atom stereocenters. The van der Waals surface area contributed by atoms with E-state index < -0.39 is 4.92 Å². The molecule has 2 aromatic carbocycles. The van der Waals surface area contributed by atoms with Crippen LogP contribution in [0.25, 0.3) is 0 Å². The van der Waals surface area contributed by atoms with Crippen LogP contribution < -0.4 is 10.6 Å². The summed E-state index contributed by atoms with van der Waals surface area (Å²) in [5, 5.41) is 16.8. The highest BCUT2D eigenvalue weighted by molar-refractivity contribution is 6.33. The molecule has 2 N–H and O–H groups in total. The minimum Gasteiger partial charge on any atom is -0.338 e. The lowest BCUT2D eigenvalue weighted by Crippen LogP contribution is -2.44. The van der Waals surface area contributed by atoms with Crippen LogP contribution in [0.3, 0.4) is 0 Å². The Kier molecular flexibility index (Phi) is 6.89. The van der Waals surface area contributed by atoms with Gasteiger partial charge in [-0.05, 0) is 43.9 Å². The molecule has 1 fully saturated rings. The van der Waals surface area contributed by atoms with Gasteiger partial charge in [0.1, 0.15) is 0 Å². The third-order valence-electron chi connectivity index (χ3n) is 5.06. The van der Waals surface area contributed by atoms with Gasteiger partial charge in [0.05, 0.1) is 15.5 Å². The van der Waals surface area contributed by atoms with E-state index in [0.29, 0.717) is 25.3 Å². The maximum atomic E-state index is 12.9. The average molecular weight is 431 g/mol. The third kappa shape index (κ3) is 5.48. The summed E-state index contributed by atoms with van der Waals surface area (Å²) in [7, 11) is 0. The molecule has 1 heterocycles. The number of nitro groups is 1. The van der Waals surface area contributed by atoms with Crippen molar-refractivity contribution in [3.8, 4) is 0 Å². The normalized spacial score (nSPS) is 16.1. The molecular weight excluding hydrogens is 408 g/mol. The summed E-state index contributed by atoms with van der Waals surface area (Å²) in [4.78, 5) is 37.1. The summed E-state index contributed by atoms with van der Waals surface area (Å²) in [5.41, 5.74) is 1.76. The van der Waals surface area contributed by atoms with Gasteiger partial charge in [0.15, 0.2) is 0 Å². The number of anilines is 1. The Bertz CT molecular complexity index is 949. The molecule has 1 saturated heterocycles. The molecule has 3 amide bonds. The van der Waals surface area contributed by atoms with Crippen LogP contribution in [0.5, 0.6) is 0 Å². The van der Waals surface area contributed by atoms with Gasteiger partial charge >= 0.3 is 6.03 Å². The maximum Gasteiger partial charge on any atom is 0.319 e. The molecule has 3 rings (SSSR count). The summed E-state index contributed by atoms with van der Waals surface area (Å²) < 4.78 is 0. The number of nitrogens with one attached hydrogen (secondary N) is 2. The van der Waals surface area contributed by atoms with E-state index in [9.17, 15) is 19.7 Å². The second-order valence-corrected chi connectivity index (χ2v) is 7.79. The van der Waals surface area contributed by atoms with E-state index in [2.05, 4.69) is 10.6 Å². The standard InChI is InChI=1S/C21H23ClN4O4/c1-14-4-6-16(7-5-14)24-21(28)23-12-15-3-2-10-25(13-15)20(27)18-11-17(26(29)30)8-9-19(18)22/h4-9,11,15H,2-3,10,12-13H2,1H3,(H2,23,24,28). The predicted molar refractivity (Wildman–Crippen MR) is 115 cm³/mol. The quantitative estimate of drug-likeness (QED) is 0.547. The van der Waals surface area contributed by atoms with Crippen molar-refractivity contribution in [1.29, 1.82) is 0 Å². The number of urea groups is 1. The highest BCUT2D eigenvalue weighted by atomic mass is 35.5. The molecule has 2 aromatic rings. The molecule has 0 radical (unpaired) electrons. The van der Waals surface area contributed by atoms with Gasteiger partial charge in [0.25, 0.3) is 11.6 Å². The first-order chi connectivity index (χ1) is 14.3. The number of non-ortho nitro benzene ring substituents is 1. The van der Waals surface area contributed by atoms with Crippen LogP contribution in [-0.4, -0.2) is 41.4 Å². The van der Waals surface area contributed by atoms with Gasteiger partial charge in [-0.15, -0.1) is 0 Å². The van der Waals surface area contributed by atoms with Crippen molar-refractivity contribution in [2.45, 2.75) is 19.8 Å². The number of benzene rings is 2. The van der Waals surface area contributed by atoms with E-state index >= 15 is 0 Å². The van der Waals surface area contributed by atoms with E-state index in [4.69, 9.17) is 11.6 Å². The highest BCUT2D eigenvalue weighted by Gasteiger charge is 2.27. The van der Waals surface area contributed by atoms with Gasteiger partial charge in [-0.25, -0.2) is 4.79 Å². The molecule has 9 heteroatoms. The summed E-state index contributed by atoms with van der Waals surface area (Å²) in [5.74, 6) is -0.249. The van der Waals surface area contributed by atoms with Crippen LogP contribution in [0.4, 0.5) is 16.2 Å². The van der Waals surface area contributed by atoms with Gasteiger partial charge in [-0.3, -0.25) is 14.9 Å². The lowest BCUT2D eigenvalue weighted by molar-refractivity contribution is -0.384. The zero-order chi connectivity index (χ0) is 21.7. The lowest BCUT2D eigenvalue weighted by atomic mass is 9.97. The second kappa shape index (κ2) is 9.58. The van der Waals surface area contributed by atoms with E-state index in [1.807, 2.05) is 31.2 Å². The molecule has 1 unspecified atom stereocenters. The van der Waals surface area contributed by atoms with Crippen LogP contribution >= 0.6 is 11.6 Å². The van der Waals surface area contributed by atoms with Crippen molar-refractivity contribution in [2.75, 3.05) is 25.0 Å². The molecule has 0 bridgehead atoms. The number of nitrogens with zero attached hydrogens (tertiary/aromatic N) is 2. The van der Waals surface area contributed by atoms with Crippen LogP contribution in [0.2, 0.25) is 5.02 Å². The first kappa shape index (κ1) is 21.6. The minimum atomic E-state index is -0.553. The number of halogens is 1. The number of hydrogen-bond acceptors (Lipinski definition) is 4. The number of rotatable bonds is 5. The average Bonchev–Trinajstić information content (AvgIpc) is 2.74. The van der Waals surface area contributed by atoms with Crippen molar-refractivity contribution >= 4 is 34.9 Å². The van der Waals surface area contributed by atoms with Gasteiger partial charge in [-0.2, -0.15) is 0 Å². The van der Waals surface area contributed by atoms with Gasteiger partial charge in [0.2, 0.25) is 0 Å². The van der Waals surface area contributed by atoms with Crippen molar-refractivity contribution in [2.24, 2.45) is 5.92 Å². The molecule has 0 aliphatic carbocycles. The Balaban J connectivity index is 1.56. The molecular formula is C21H23ClN4O4. The third-order valence-corrected chi connectivity index (χ3v) is 5.39. The van der Waals surface area contributed by atoms with Crippen LogP contribution in [0.15, 0.2) is 42.5 Å². The van der Waals surface area contributed by atoms with Gasteiger partial charge in [-0.1, -0.05) is 29.3 Å². The number of carbonyl (C=O) groups excluding carboxylic acids is 2. The van der Waals surface area contributed by atoms with Crippen molar-refractivity contribution in [3.05, 3.63) is 68.7 Å². The number of carbonyl (C=O) groups is 2. The number of piperidine rings is 1. The number of amides is 3. The summed E-state index contributed by atoms with van der Waals surface area (Å²) >= 11 is 6.11. The Morgan fingerprint density at radius 1 is 1.23 bits per heavy atom. The first-order valence-corrected chi connectivity index (χ1v) is 10.1. The molecule has 1 aliphatic rings. The van der Waals surface area contributed by atoms with Crippen molar-refractivity contribution in [3.63, 3.8) is 0 Å². The molecule has 0 aromatic heterocycles. The Morgan fingerprint density at radius 2 is 1.97 bits per heavy atom.